The molecule has 1 unspecified atom stereocenters. The lowest BCUT2D eigenvalue weighted by atomic mass is 9.83. The topological polar surface area (TPSA) is 43.4 Å². The van der Waals surface area contributed by atoms with Crippen LogP contribution in [0.2, 0.25) is 0 Å². The highest BCUT2D eigenvalue weighted by Crippen LogP contribution is 2.33. The fourth-order valence-electron chi connectivity index (χ4n) is 2.22. The van der Waals surface area contributed by atoms with E-state index in [-0.39, 0.29) is 5.41 Å². The van der Waals surface area contributed by atoms with Crippen LogP contribution in [0.25, 0.3) is 0 Å². The predicted molar refractivity (Wildman–Crippen MR) is 68.4 cm³/mol. The molecule has 1 saturated heterocycles. The number of methoxy groups -OCH3 is 1. The van der Waals surface area contributed by atoms with E-state index < -0.39 is 0 Å². The van der Waals surface area contributed by atoms with E-state index in [2.05, 4.69) is 10.3 Å². The summed E-state index contributed by atoms with van der Waals surface area (Å²) in [6.45, 7) is 4.39. The van der Waals surface area contributed by atoms with Gasteiger partial charge in [-0.1, -0.05) is 0 Å². The summed E-state index contributed by atoms with van der Waals surface area (Å²) >= 11 is 1.73. The van der Waals surface area contributed by atoms with E-state index >= 15 is 0 Å². The summed E-state index contributed by atoms with van der Waals surface area (Å²) in [5, 5.41) is 3.46. The maximum atomic E-state index is 5.58. The highest BCUT2D eigenvalue weighted by Gasteiger charge is 2.35. The summed E-state index contributed by atoms with van der Waals surface area (Å²) in [5.74, 6) is 0. The van der Waals surface area contributed by atoms with E-state index in [0.717, 1.165) is 45.8 Å². The monoisotopic (exact) mass is 256 g/mol. The van der Waals surface area contributed by atoms with Crippen LogP contribution in [0, 0.1) is 5.41 Å². The normalized spacial score (nSPS) is 24.3. The third kappa shape index (κ3) is 3.74. The fourth-order valence-corrected chi connectivity index (χ4v) is 2.99. The minimum absolute atomic E-state index is 0.250. The summed E-state index contributed by atoms with van der Waals surface area (Å²) in [6, 6.07) is 0. The Morgan fingerprint density at radius 2 is 2.59 bits per heavy atom. The number of nitrogens with zero attached hydrogens (tertiary/aromatic N) is 1. The van der Waals surface area contributed by atoms with Gasteiger partial charge in [-0.15, -0.1) is 11.3 Å². The molecule has 1 fully saturated rings. The number of thiazole rings is 1. The summed E-state index contributed by atoms with van der Waals surface area (Å²) in [5.41, 5.74) is 2.15. The number of hydrogen-bond donors (Lipinski definition) is 1. The Morgan fingerprint density at radius 3 is 3.24 bits per heavy atom. The van der Waals surface area contributed by atoms with Gasteiger partial charge in [-0.05, 0) is 12.8 Å². The maximum Gasteiger partial charge on any atom is 0.0794 e. The smallest absolute Gasteiger partial charge is 0.0794 e. The summed E-state index contributed by atoms with van der Waals surface area (Å²) in [6.07, 6.45) is 4.17. The average molecular weight is 256 g/mol. The first-order valence-electron chi connectivity index (χ1n) is 5.99. The van der Waals surface area contributed by atoms with Crippen LogP contribution in [0.1, 0.15) is 11.3 Å². The minimum Gasteiger partial charge on any atom is -0.383 e. The second-order valence-electron chi connectivity index (χ2n) is 4.62. The van der Waals surface area contributed by atoms with Crippen LogP contribution in [0.5, 0.6) is 0 Å². The Kier molecular flexibility index (Phi) is 4.91. The van der Waals surface area contributed by atoms with Crippen LogP contribution in [0.15, 0.2) is 11.7 Å². The molecule has 0 spiro atoms. The Hall–Kier alpha value is -0.490. The molecule has 0 bridgehead atoms. The zero-order chi connectivity index (χ0) is 12.0. The molecule has 5 heteroatoms. The fraction of sp³-hybridized carbons (Fsp3) is 0.750. The quantitative estimate of drug-likeness (QED) is 0.747. The lowest BCUT2D eigenvalue weighted by molar-refractivity contribution is 0.145. The Morgan fingerprint density at radius 1 is 1.65 bits per heavy atom. The van der Waals surface area contributed by atoms with Crippen molar-refractivity contribution in [2.45, 2.75) is 12.8 Å². The molecule has 0 aromatic carbocycles. The third-order valence-corrected chi connectivity index (χ3v) is 3.98. The lowest BCUT2D eigenvalue weighted by Crippen LogP contribution is -2.37. The predicted octanol–water partition coefficient (Wildman–Crippen LogP) is 1.33. The zero-order valence-corrected chi connectivity index (χ0v) is 11.1. The van der Waals surface area contributed by atoms with E-state index in [1.54, 1.807) is 18.4 Å². The molecule has 0 saturated carbocycles. The molecule has 2 heterocycles. The van der Waals surface area contributed by atoms with Gasteiger partial charge in [-0.3, -0.25) is 4.98 Å². The molecule has 1 N–H and O–H groups in total. The molecule has 1 atom stereocenters. The van der Waals surface area contributed by atoms with Gasteiger partial charge in [0.25, 0.3) is 0 Å². The molecule has 1 aromatic rings. The van der Waals surface area contributed by atoms with E-state index in [0.29, 0.717) is 0 Å². The molecule has 2 rings (SSSR count). The molecule has 96 valence electrons. The highest BCUT2D eigenvalue weighted by atomic mass is 32.1. The Labute approximate surface area is 106 Å². The van der Waals surface area contributed by atoms with Crippen molar-refractivity contribution in [2.24, 2.45) is 5.41 Å². The van der Waals surface area contributed by atoms with Crippen LogP contribution < -0.4 is 5.32 Å². The number of aromatic nitrogens is 1. The molecule has 0 amide bonds. The second-order valence-corrected chi connectivity index (χ2v) is 5.59. The van der Waals surface area contributed by atoms with Crippen molar-refractivity contribution in [3.05, 3.63) is 16.6 Å². The van der Waals surface area contributed by atoms with Crippen molar-refractivity contribution in [1.29, 1.82) is 0 Å². The van der Waals surface area contributed by atoms with Crippen molar-refractivity contribution in [1.82, 2.24) is 10.3 Å². The van der Waals surface area contributed by atoms with Crippen LogP contribution in [0.4, 0.5) is 0 Å². The lowest BCUT2D eigenvalue weighted by Gasteiger charge is -2.27. The molecule has 0 aliphatic carbocycles. The molecular formula is C12H20N2O2S. The van der Waals surface area contributed by atoms with Gasteiger partial charge in [-0.2, -0.15) is 0 Å². The van der Waals surface area contributed by atoms with Crippen LogP contribution in [-0.2, 0) is 15.9 Å². The Balaban J connectivity index is 1.86. The molecular weight excluding hydrogens is 236 g/mol. The number of rotatable bonds is 7. The van der Waals surface area contributed by atoms with Crippen molar-refractivity contribution < 1.29 is 9.47 Å². The number of nitrogens with one attached hydrogen (secondary N) is 1. The van der Waals surface area contributed by atoms with Gasteiger partial charge in [0.05, 0.1) is 18.7 Å². The molecule has 0 radical (unpaired) electrons. The third-order valence-electron chi connectivity index (χ3n) is 3.20. The van der Waals surface area contributed by atoms with Gasteiger partial charge in [0, 0.05) is 43.3 Å². The molecule has 4 nitrogen and oxygen atoms in total. The first-order chi connectivity index (χ1) is 8.35. The molecule has 1 aromatic heterocycles. The van der Waals surface area contributed by atoms with E-state index in [1.807, 2.05) is 11.7 Å². The van der Waals surface area contributed by atoms with Crippen molar-refractivity contribution in [3.63, 3.8) is 0 Å². The van der Waals surface area contributed by atoms with Crippen LogP contribution in [0.3, 0.4) is 0 Å². The summed E-state index contributed by atoms with van der Waals surface area (Å²) in [7, 11) is 1.73. The second kappa shape index (κ2) is 6.44. The molecule has 1 aliphatic rings. The summed E-state index contributed by atoms with van der Waals surface area (Å²) < 4.78 is 10.6. The van der Waals surface area contributed by atoms with Crippen molar-refractivity contribution in [2.75, 3.05) is 40.0 Å². The van der Waals surface area contributed by atoms with Gasteiger partial charge >= 0.3 is 0 Å². The molecule has 1 aliphatic heterocycles. The number of ether oxygens (including phenoxy) is 2. The summed E-state index contributed by atoms with van der Waals surface area (Å²) in [4.78, 5) is 5.49. The van der Waals surface area contributed by atoms with Crippen molar-refractivity contribution in [3.8, 4) is 0 Å². The first kappa shape index (κ1) is 13.0. The standard InChI is InChI=1S/C12H20N2O2S/c1-15-5-3-13-8-12(2-4-16-9-12)6-11-7-14-10-17-11/h7,10,13H,2-6,8-9H2,1H3. The number of hydrogen-bond acceptors (Lipinski definition) is 5. The van der Waals surface area contributed by atoms with E-state index in [1.165, 1.54) is 4.88 Å². The Bertz CT molecular complexity index is 310. The minimum atomic E-state index is 0.250. The van der Waals surface area contributed by atoms with Gasteiger partial charge in [-0.25, -0.2) is 0 Å². The van der Waals surface area contributed by atoms with Crippen LogP contribution >= 0.6 is 11.3 Å². The SMILES string of the molecule is COCCNCC1(Cc2cncs2)CCOC1. The molecule has 17 heavy (non-hydrogen) atoms. The highest BCUT2D eigenvalue weighted by molar-refractivity contribution is 7.09. The van der Waals surface area contributed by atoms with E-state index in [9.17, 15) is 0 Å². The van der Waals surface area contributed by atoms with Gasteiger partial charge in [0.2, 0.25) is 0 Å². The van der Waals surface area contributed by atoms with Gasteiger partial charge in [0.15, 0.2) is 0 Å². The van der Waals surface area contributed by atoms with Crippen molar-refractivity contribution >= 4 is 11.3 Å². The van der Waals surface area contributed by atoms with Gasteiger partial charge < -0.3 is 14.8 Å². The average Bonchev–Trinajstić information content (AvgIpc) is 2.98. The van der Waals surface area contributed by atoms with E-state index in [4.69, 9.17) is 9.47 Å². The zero-order valence-electron chi connectivity index (χ0n) is 10.3. The van der Waals surface area contributed by atoms with Crippen LogP contribution in [-0.4, -0.2) is 45.0 Å². The largest absolute Gasteiger partial charge is 0.383 e. The first-order valence-corrected chi connectivity index (χ1v) is 6.87. The van der Waals surface area contributed by atoms with Gasteiger partial charge in [0.1, 0.15) is 0 Å². The maximum absolute atomic E-state index is 5.58.